The Morgan fingerprint density at radius 3 is 2.68 bits per heavy atom. The Kier molecular flexibility index (Phi) is 3.50. The minimum absolute atomic E-state index is 0.195. The first-order chi connectivity index (χ1) is 8.92. The largest absolute Gasteiger partial charge is 0.369 e. The van der Waals surface area contributed by atoms with Crippen molar-refractivity contribution in [3.05, 3.63) is 23.8 Å². The van der Waals surface area contributed by atoms with Gasteiger partial charge in [-0.3, -0.25) is 14.6 Å². The number of hydrogen-bond donors (Lipinski definition) is 1. The molecule has 2 N–H and O–H groups in total. The minimum Gasteiger partial charge on any atom is -0.369 e. The van der Waals surface area contributed by atoms with E-state index in [0.717, 1.165) is 12.1 Å². The number of primary amides is 1. The van der Waals surface area contributed by atoms with Crippen molar-refractivity contribution in [1.29, 1.82) is 0 Å². The molecule has 1 aliphatic rings. The molecule has 1 fully saturated rings. The highest BCUT2D eigenvalue weighted by Gasteiger charge is 2.38. The number of carbonyl (C=O) groups excluding carboxylic acids is 2. The minimum atomic E-state index is -0.647. The zero-order chi connectivity index (χ0) is 14.0. The summed E-state index contributed by atoms with van der Waals surface area (Å²) in [6.07, 6.45) is 4.51. The molecular weight excluding hydrogens is 244 g/mol. The first-order valence-corrected chi connectivity index (χ1v) is 6.30. The second-order valence-electron chi connectivity index (χ2n) is 5.30. The van der Waals surface area contributed by atoms with Crippen LogP contribution in [0.4, 0.5) is 0 Å². The van der Waals surface area contributed by atoms with Crippen LogP contribution >= 0.6 is 0 Å². The van der Waals surface area contributed by atoms with E-state index >= 15 is 0 Å². The number of piperidine rings is 1. The van der Waals surface area contributed by atoms with E-state index in [4.69, 9.17) is 5.73 Å². The number of hydrogen-bond acceptors (Lipinski definition) is 4. The second kappa shape index (κ2) is 4.95. The van der Waals surface area contributed by atoms with Crippen molar-refractivity contribution in [2.45, 2.75) is 26.7 Å². The Bertz CT molecular complexity index is 500. The summed E-state index contributed by atoms with van der Waals surface area (Å²) in [7, 11) is 0. The molecule has 2 amide bonds. The van der Waals surface area contributed by atoms with E-state index in [1.54, 1.807) is 18.0 Å². The van der Waals surface area contributed by atoms with Crippen LogP contribution < -0.4 is 5.73 Å². The van der Waals surface area contributed by atoms with Crippen molar-refractivity contribution in [3.8, 4) is 0 Å². The molecule has 1 saturated heterocycles. The lowest BCUT2D eigenvalue weighted by atomic mass is 9.81. The van der Waals surface area contributed by atoms with E-state index in [9.17, 15) is 9.59 Å². The van der Waals surface area contributed by atoms with Gasteiger partial charge in [0.15, 0.2) is 0 Å². The van der Waals surface area contributed by atoms with E-state index < -0.39 is 5.41 Å². The topological polar surface area (TPSA) is 89.2 Å². The third kappa shape index (κ3) is 2.72. The smallest absolute Gasteiger partial charge is 0.274 e. The average molecular weight is 262 g/mol. The van der Waals surface area contributed by atoms with E-state index in [1.165, 1.54) is 6.20 Å². The number of nitrogens with zero attached hydrogens (tertiary/aromatic N) is 3. The van der Waals surface area contributed by atoms with Crippen molar-refractivity contribution in [2.75, 3.05) is 13.1 Å². The lowest BCUT2D eigenvalue weighted by Gasteiger charge is -2.38. The molecule has 6 heteroatoms. The molecule has 2 rings (SSSR count). The first kappa shape index (κ1) is 13.5. The van der Waals surface area contributed by atoms with Gasteiger partial charge in [-0.25, -0.2) is 4.98 Å². The van der Waals surface area contributed by atoms with Crippen LogP contribution in [0, 0.1) is 12.3 Å². The summed E-state index contributed by atoms with van der Waals surface area (Å²) in [5, 5.41) is 0. The zero-order valence-corrected chi connectivity index (χ0v) is 11.2. The Balaban J connectivity index is 2.15. The van der Waals surface area contributed by atoms with Crippen LogP contribution in [0.1, 0.15) is 35.9 Å². The summed E-state index contributed by atoms with van der Waals surface area (Å²) >= 11 is 0. The van der Waals surface area contributed by atoms with Crippen molar-refractivity contribution in [1.82, 2.24) is 14.9 Å². The van der Waals surface area contributed by atoms with Crippen LogP contribution in [0.25, 0.3) is 0 Å². The summed E-state index contributed by atoms with van der Waals surface area (Å²) in [4.78, 5) is 33.5. The van der Waals surface area contributed by atoms with Gasteiger partial charge in [0.1, 0.15) is 5.69 Å². The zero-order valence-electron chi connectivity index (χ0n) is 11.2. The van der Waals surface area contributed by atoms with Crippen LogP contribution in [-0.4, -0.2) is 39.8 Å². The number of likely N-dealkylation sites (tertiary alicyclic amines) is 1. The van der Waals surface area contributed by atoms with Crippen LogP contribution in [0.5, 0.6) is 0 Å². The highest BCUT2D eigenvalue weighted by atomic mass is 16.2. The number of rotatable bonds is 2. The molecule has 1 aliphatic heterocycles. The van der Waals surface area contributed by atoms with Crippen LogP contribution in [-0.2, 0) is 4.79 Å². The SMILES string of the molecule is Cc1cnc(C(=O)N2CCCC(C)(C(N)=O)C2)cn1. The van der Waals surface area contributed by atoms with Gasteiger partial charge in [-0.1, -0.05) is 0 Å². The third-order valence-electron chi connectivity index (χ3n) is 3.58. The van der Waals surface area contributed by atoms with E-state index in [2.05, 4.69) is 9.97 Å². The molecule has 19 heavy (non-hydrogen) atoms. The van der Waals surface area contributed by atoms with Gasteiger partial charge in [0.05, 0.1) is 17.3 Å². The van der Waals surface area contributed by atoms with E-state index in [1.807, 2.05) is 6.92 Å². The Labute approximate surface area is 112 Å². The summed E-state index contributed by atoms with van der Waals surface area (Å²) in [5.41, 5.74) is 5.84. The quantitative estimate of drug-likeness (QED) is 0.841. The third-order valence-corrected chi connectivity index (χ3v) is 3.58. The maximum absolute atomic E-state index is 12.3. The van der Waals surface area contributed by atoms with Crippen molar-refractivity contribution < 1.29 is 9.59 Å². The van der Waals surface area contributed by atoms with Gasteiger partial charge in [-0.15, -0.1) is 0 Å². The fraction of sp³-hybridized carbons (Fsp3) is 0.538. The molecule has 2 heterocycles. The maximum Gasteiger partial charge on any atom is 0.274 e. The molecule has 6 nitrogen and oxygen atoms in total. The molecule has 0 aromatic carbocycles. The molecule has 0 bridgehead atoms. The summed E-state index contributed by atoms with van der Waals surface area (Å²) in [6, 6.07) is 0. The normalized spacial score (nSPS) is 23.2. The van der Waals surface area contributed by atoms with Crippen LogP contribution in [0.2, 0.25) is 0 Å². The molecule has 1 aromatic heterocycles. The lowest BCUT2D eigenvalue weighted by Crippen LogP contribution is -2.50. The van der Waals surface area contributed by atoms with Crippen molar-refractivity contribution >= 4 is 11.8 Å². The fourth-order valence-electron chi connectivity index (χ4n) is 2.28. The number of aryl methyl sites for hydroxylation is 1. The van der Waals surface area contributed by atoms with Gasteiger partial charge >= 0.3 is 0 Å². The van der Waals surface area contributed by atoms with Gasteiger partial charge in [0, 0.05) is 19.3 Å². The van der Waals surface area contributed by atoms with Gasteiger partial charge in [0.25, 0.3) is 5.91 Å². The van der Waals surface area contributed by atoms with Crippen LogP contribution in [0.15, 0.2) is 12.4 Å². The van der Waals surface area contributed by atoms with Gasteiger partial charge in [-0.2, -0.15) is 0 Å². The Morgan fingerprint density at radius 2 is 2.11 bits per heavy atom. The van der Waals surface area contributed by atoms with Crippen molar-refractivity contribution in [3.63, 3.8) is 0 Å². The predicted molar refractivity (Wildman–Crippen MR) is 69.2 cm³/mol. The molecular formula is C13H18N4O2. The highest BCUT2D eigenvalue weighted by molar-refractivity contribution is 5.92. The molecule has 1 unspecified atom stereocenters. The standard InChI is InChI=1S/C13H18N4O2/c1-9-6-16-10(7-15-9)11(18)17-5-3-4-13(2,8-17)12(14)19/h6-7H,3-5,8H2,1-2H3,(H2,14,19). The highest BCUT2D eigenvalue weighted by Crippen LogP contribution is 2.29. The maximum atomic E-state index is 12.3. The number of amides is 2. The van der Waals surface area contributed by atoms with Gasteiger partial charge in [-0.05, 0) is 26.7 Å². The molecule has 0 radical (unpaired) electrons. The Hall–Kier alpha value is -1.98. The molecule has 1 atom stereocenters. The number of aromatic nitrogens is 2. The van der Waals surface area contributed by atoms with E-state index in [-0.39, 0.29) is 11.8 Å². The predicted octanol–water partition coefficient (Wildman–Crippen LogP) is 0.513. The molecule has 0 saturated carbocycles. The van der Waals surface area contributed by atoms with Crippen molar-refractivity contribution in [2.24, 2.45) is 11.1 Å². The molecule has 102 valence electrons. The first-order valence-electron chi connectivity index (χ1n) is 6.30. The molecule has 0 spiro atoms. The number of nitrogens with two attached hydrogens (primary N) is 1. The van der Waals surface area contributed by atoms with Crippen LogP contribution in [0.3, 0.4) is 0 Å². The van der Waals surface area contributed by atoms with Gasteiger partial charge in [0.2, 0.25) is 5.91 Å². The fourth-order valence-corrected chi connectivity index (χ4v) is 2.28. The van der Waals surface area contributed by atoms with Gasteiger partial charge < -0.3 is 10.6 Å². The van der Waals surface area contributed by atoms with E-state index in [0.29, 0.717) is 25.2 Å². The summed E-state index contributed by atoms with van der Waals surface area (Å²) in [6.45, 7) is 4.58. The molecule has 0 aliphatic carbocycles. The summed E-state index contributed by atoms with van der Waals surface area (Å²) in [5.74, 6) is -0.556. The molecule has 1 aromatic rings. The Morgan fingerprint density at radius 1 is 1.37 bits per heavy atom. The monoisotopic (exact) mass is 262 g/mol. The second-order valence-corrected chi connectivity index (χ2v) is 5.30. The number of carbonyl (C=O) groups is 2. The average Bonchev–Trinajstić information content (AvgIpc) is 2.39. The summed E-state index contributed by atoms with van der Waals surface area (Å²) < 4.78 is 0. The lowest BCUT2D eigenvalue weighted by molar-refractivity contribution is -0.129.